The van der Waals surface area contributed by atoms with Crippen molar-refractivity contribution >= 4 is 11.9 Å². The smallest absolute Gasteiger partial charge is 0.396 e. The van der Waals surface area contributed by atoms with Crippen LogP contribution in [0.3, 0.4) is 0 Å². The van der Waals surface area contributed by atoms with Crippen LogP contribution in [0.25, 0.3) is 0 Å². The second-order valence-electron chi connectivity index (χ2n) is 4.59. The number of fused-ring (bicyclic) bond motifs is 3. The molecule has 4 heteroatoms. The van der Waals surface area contributed by atoms with E-state index in [2.05, 4.69) is 10.1 Å². The molecular formula is C11H17NO3. The van der Waals surface area contributed by atoms with Gasteiger partial charge in [-0.1, -0.05) is 12.8 Å². The third-order valence-corrected chi connectivity index (χ3v) is 3.73. The average molecular weight is 211 g/mol. The van der Waals surface area contributed by atoms with Gasteiger partial charge in [0.15, 0.2) is 0 Å². The highest BCUT2D eigenvalue weighted by molar-refractivity contribution is 6.32. The summed E-state index contributed by atoms with van der Waals surface area (Å²) in [6.45, 7) is 0. The molecular weight excluding hydrogens is 194 g/mol. The maximum Gasteiger partial charge on any atom is 0.396 e. The van der Waals surface area contributed by atoms with Crippen LogP contribution in [0.1, 0.15) is 32.1 Å². The molecule has 0 heterocycles. The average Bonchev–Trinajstić information content (AvgIpc) is 2.29. The quantitative estimate of drug-likeness (QED) is 0.517. The van der Waals surface area contributed by atoms with Crippen molar-refractivity contribution in [3.63, 3.8) is 0 Å². The molecule has 15 heavy (non-hydrogen) atoms. The molecule has 4 nitrogen and oxygen atoms in total. The molecule has 1 unspecified atom stereocenters. The molecule has 2 bridgehead atoms. The summed E-state index contributed by atoms with van der Waals surface area (Å²) in [4.78, 5) is 22.3. The first-order valence-corrected chi connectivity index (χ1v) is 5.59. The first-order valence-electron chi connectivity index (χ1n) is 5.59. The van der Waals surface area contributed by atoms with Gasteiger partial charge in [-0.2, -0.15) is 0 Å². The Morgan fingerprint density at radius 2 is 1.87 bits per heavy atom. The van der Waals surface area contributed by atoms with Crippen LogP contribution in [0.5, 0.6) is 0 Å². The molecule has 0 radical (unpaired) electrons. The number of amides is 1. The Kier molecular flexibility index (Phi) is 2.93. The summed E-state index contributed by atoms with van der Waals surface area (Å²) >= 11 is 0. The summed E-state index contributed by atoms with van der Waals surface area (Å²) in [6.07, 6.45) is 5.99. The molecule has 1 amide bonds. The van der Waals surface area contributed by atoms with Crippen LogP contribution < -0.4 is 5.32 Å². The van der Waals surface area contributed by atoms with E-state index >= 15 is 0 Å². The number of esters is 1. The fourth-order valence-corrected chi connectivity index (χ4v) is 2.87. The van der Waals surface area contributed by atoms with E-state index in [9.17, 15) is 9.59 Å². The van der Waals surface area contributed by atoms with Crippen LogP contribution in [-0.4, -0.2) is 25.0 Å². The Balaban J connectivity index is 1.90. The molecule has 3 aliphatic rings. The minimum Gasteiger partial charge on any atom is -0.462 e. The summed E-state index contributed by atoms with van der Waals surface area (Å²) < 4.78 is 4.38. The lowest BCUT2D eigenvalue weighted by Crippen LogP contribution is -2.49. The Morgan fingerprint density at radius 3 is 2.33 bits per heavy atom. The molecule has 0 saturated heterocycles. The molecule has 0 aromatic rings. The lowest BCUT2D eigenvalue weighted by molar-refractivity contribution is -0.153. The first kappa shape index (κ1) is 10.5. The van der Waals surface area contributed by atoms with E-state index in [0.29, 0.717) is 5.92 Å². The molecule has 0 aliphatic heterocycles. The van der Waals surface area contributed by atoms with Gasteiger partial charge in [0, 0.05) is 6.04 Å². The summed E-state index contributed by atoms with van der Waals surface area (Å²) in [5.74, 6) is -0.0481. The second-order valence-corrected chi connectivity index (χ2v) is 4.59. The van der Waals surface area contributed by atoms with Crippen molar-refractivity contribution < 1.29 is 14.3 Å². The Labute approximate surface area is 89.4 Å². The molecule has 3 rings (SSSR count). The third-order valence-electron chi connectivity index (χ3n) is 3.73. The summed E-state index contributed by atoms with van der Waals surface area (Å²) in [6, 6.07) is 0.198. The van der Waals surface area contributed by atoms with Gasteiger partial charge in [0.25, 0.3) is 0 Å². The number of ether oxygens (including phenoxy) is 1. The van der Waals surface area contributed by atoms with Crippen LogP contribution in [0, 0.1) is 11.8 Å². The molecule has 1 atom stereocenters. The highest BCUT2D eigenvalue weighted by Gasteiger charge is 2.37. The van der Waals surface area contributed by atoms with Crippen LogP contribution in [0.2, 0.25) is 0 Å². The van der Waals surface area contributed by atoms with E-state index in [-0.39, 0.29) is 6.04 Å². The van der Waals surface area contributed by atoms with Gasteiger partial charge in [-0.3, -0.25) is 4.79 Å². The molecule has 1 N–H and O–H groups in total. The van der Waals surface area contributed by atoms with E-state index < -0.39 is 11.9 Å². The van der Waals surface area contributed by atoms with Crippen LogP contribution >= 0.6 is 0 Å². The van der Waals surface area contributed by atoms with Crippen molar-refractivity contribution in [1.29, 1.82) is 0 Å². The first-order chi connectivity index (χ1) is 7.20. The van der Waals surface area contributed by atoms with E-state index in [1.165, 1.54) is 32.8 Å². The van der Waals surface area contributed by atoms with Crippen LogP contribution in [-0.2, 0) is 14.3 Å². The van der Waals surface area contributed by atoms with E-state index in [4.69, 9.17) is 0 Å². The molecule has 3 aliphatic carbocycles. The minimum absolute atomic E-state index is 0.198. The third kappa shape index (κ3) is 2.13. The predicted octanol–water partition coefficient (Wildman–Crippen LogP) is 0.854. The van der Waals surface area contributed by atoms with Crippen molar-refractivity contribution in [3.8, 4) is 0 Å². The van der Waals surface area contributed by atoms with E-state index in [1.807, 2.05) is 0 Å². The van der Waals surface area contributed by atoms with Crippen LogP contribution in [0.4, 0.5) is 0 Å². The number of carbonyl (C=O) groups excluding carboxylic acids is 2. The van der Waals surface area contributed by atoms with Crippen molar-refractivity contribution in [2.75, 3.05) is 7.11 Å². The molecule has 3 saturated carbocycles. The maximum atomic E-state index is 11.3. The van der Waals surface area contributed by atoms with Gasteiger partial charge in [-0.05, 0) is 31.1 Å². The Bertz CT molecular complexity index is 269. The predicted molar refractivity (Wildman–Crippen MR) is 54.0 cm³/mol. The van der Waals surface area contributed by atoms with Gasteiger partial charge < -0.3 is 10.1 Å². The van der Waals surface area contributed by atoms with Crippen molar-refractivity contribution in [3.05, 3.63) is 0 Å². The molecule has 3 fully saturated rings. The van der Waals surface area contributed by atoms with Gasteiger partial charge >= 0.3 is 11.9 Å². The minimum atomic E-state index is -0.781. The zero-order valence-electron chi connectivity index (χ0n) is 8.99. The van der Waals surface area contributed by atoms with Gasteiger partial charge in [0.05, 0.1) is 7.11 Å². The fraction of sp³-hybridized carbons (Fsp3) is 0.818. The monoisotopic (exact) mass is 211 g/mol. The van der Waals surface area contributed by atoms with Crippen molar-refractivity contribution in [2.24, 2.45) is 11.8 Å². The number of rotatable bonds is 1. The number of nitrogens with one attached hydrogen (secondary N) is 1. The van der Waals surface area contributed by atoms with Gasteiger partial charge in [0.1, 0.15) is 0 Å². The number of carbonyl (C=O) groups is 2. The number of hydrogen-bond donors (Lipinski definition) is 1. The summed E-state index contributed by atoms with van der Waals surface area (Å²) in [5.41, 5.74) is 0. The standard InChI is InChI=1S/C11H17NO3/c1-15-11(14)10(13)12-9-6-7-2-4-8(9)5-3-7/h7-9H,2-6H2,1H3,(H,12,13). The zero-order chi connectivity index (χ0) is 10.8. The lowest BCUT2D eigenvalue weighted by atomic mass is 9.68. The van der Waals surface area contributed by atoms with E-state index in [1.54, 1.807) is 0 Å². The summed E-state index contributed by atoms with van der Waals surface area (Å²) in [7, 11) is 1.23. The maximum absolute atomic E-state index is 11.3. The Hall–Kier alpha value is -1.06. The topological polar surface area (TPSA) is 55.4 Å². The second kappa shape index (κ2) is 4.21. The van der Waals surface area contributed by atoms with Gasteiger partial charge in [0.2, 0.25) is 0 Å². The lowest BCUT2D eigenvalue weighted by Gasteiger charge is -2.42. The van der Waals surface area contributed by atoms with E-state index in [0.717, 1.165) is 12.3 Å². The normalized spacial score (nSPS) is 33.5. The number of hydrogen-bond acceptors (Lipinski definition) is 3. The largest absolute Gasteiger partial charge is 0.462 e. The molecule has 0 aromatic carbocycles. The molecule has 84 valence electrons. The zero-order valence-corrected chi connectivity index (χ0v) is 8.99. The highest BCUT2D eigenvalue weighted by atomic mass is 16.5. The van der Waals surface area contributed by atoms with Crippen LogP contribution in [0.15, 0.2) is 0 Å². The highest BCUT2D eigenvalue weighted by Crippen LogP contribution is 2.41. The van der Waals surface area contributed by atoms with Crippen molar-refractivity contribution in [2.45, 2.75) is 38.1 Å². The Morgan fingerprint density at radius 1 is 1.20 bits per heavy atom. The fourth-order valence-electron chi connectivity index (χ4n) is 2.87. The summed E-state index contributed by atoms with van der Waals surface area (Å²) in [5, 5.41) is 2.79. The van der Waals surface area contributed by atoms with Crippen molar-refractivity contribution in [1.82, 2.24) is 5.32 Å². The molecule has 0 aromatic heterocycles. The SMILES string of the molecule is COC(=O)C(=O)NC1CC2CCC1CC2. The van der Waals surface area contributed by atoms with Gasteiger partial charge in [-0.25, -0.2) is 4.79 Å². The van der Waals surface area contributed by atoms with Gasteiger partial charge in [-0.15, -0.1) is 0 Å². The molecule has 0 spiro atoms. The number of methoxy groups -OCH3 is 1.